The molecule has 0 fully saturated rings. The first-order valence-corrected chi connectivity index (χ1v) is 10.8. The van der Waals surface area contributed by atoms with Crippen LogP contribution in [0.2, 0.25) is 0 Å². The van der Waals surface area contributed by atoms with Crippen molar-refractivity contribution in [1.82, 2.24) is 4.90 Å². The van der Waals surface area contributed by atoms with Gasteiger partial charge in [0, 0.05) is 30.8 Å². The molecule has 0 aliphatic rings. The lowest BCUT2D eigenvalue weighted by atomic mass is 10.0. The third-order valence-electron chi connectivity index (χ3n) is 6.04. The molecule has 0 atom stereocenters. The standard InChI is InChI=1S/C29H25NO2.ClH/c31-28-16-14-22-10-4-6-12-24(22)26(28)19-30(18-21-8-2-1-3-9-21)20-27-25-13-7-5-11-23(25)15-17-29(27)32;/h1-17,31-32H,18-20H2;1H. The van der Waals surface area contributed by atoms with E-state index < -0.39 is 0 Å². The number of hydrogen-bond donors (Lipinski definition) is 2. The Morgan fingerprint density at radius 3 is 1.45 bits per heavy atom. The number of aromatic hydroxyl groups is 2. The third-order valence-corrected chi connectivity index (χ3v) is 6.04. The lowest BCUT2D eigenvalue weighted by molar-refractivity contribution is 0.243. The number of halogens is 1. The Balaban J connectivity index is 0.00000259. The van der Waals surface area contributed by atoms with Crippen LogP contribution in [0.15, 0.2) is 103 Å². The first kappa shape index (κ1) is 22.7. The zero-order chi connectivity index (χ0) is 21.9. The Morgan fingerprint density at radius 1 is 0.485 bits per heavy atom. The Morgan fingerprint density at radius 2 is 0.939 bits per heavy atom. The van der Waals surface area contributed by atoms with E-state index >= 15 is 0 Å². The van der Waals surface area contributed by atoms with Crippen molar-refractivity contribution in [1.29, 1.82) is 0 Å². The van der Waals surface area contributed by atoms with E-state index in [1.54, 1.807) is 12.1 Å². The molecule has 166 valence electrons. The second-order valence-electron chi connectivity index (χ2n) is 8.20. The molecule has 4 heteroatoms. The Kier molecular flexibility index (Phi) is 6.83. The van der Waals surface area contributed by atoms with Gasteiger partial charge in [-0.15, -0.1) is 12.4 Å². The fourth-order valence-electron chi connectivity index (χ4n) is 4.44. The number of fused-ring (bicyclic) bond motifs is 2. The Bertz CT molecular complexity index is 1300. The van der Waals surface area contributed by atoms with E-state index in [4.69, 9.17) is 0 Å². The summed E-state index contributed by atoms with van der Waals surface area (Å²) in [6.07, 6.45) is 0. The average Bonchev–Trinajstić information content (AvgIpc) is 2.83. The molecule has 0 unspecified atom stereocenters. The van der Waals surface area contributed by atoms with Gasteiger partial charge in [-0.2, -0.15) is 0 Å². The maximum Gasteiger partial charge on any atom is 0.120 e. The van der Waals surface area contributed by atoms with Crippen LogP contribution in [0.4, 0.5) is 0 Å². The largest absolute Gasteiger partial charge is 0.508 e. The van der Waals surface area contributed by atoms with Gasteiger partial charge in [0.05, 0.1) is 0 Å². The quantitative estimate of drug-likeness (QED) is 0.289. The van der Waals surface area contributed by atoms with Crippen molar-refractivity contribution in [3.63, 3.8) is 0 Å². The predicted molar refractivity (Wildman–Crippen MR) is 138 cm³/mol. The second kappa shape index (κ2) is 9.95. The van der Waals surface area contributed by atoms with Crippen molar-refractivity contribution < 1.29 is 10.2 Å². The number of rotatable bonds is 6. The summed E-state index contributed by atoms with van der Waals surface area (Å²) in [5.41, 5.74) is 2.99. The van der Waals surface area contributed by atoms with Crippen LogP contribution in [0.5, 0.6) is 11.5 Å². The number of hydrogen-bond acceptors (Lipinski definition) is 3. The molecule has 0 bridgehead atoms. The molecule has 5 rings (SSSR count). The van der Waals surface area contributed by atoms with Gasteiger partial charge in [0.1, 0.15) is 11.5 Å². The molecule has 0 aromatic heterocycles. The Labute approximate surface area is 200 Å². The summed E-state index contributed by atoms with van der Waals surface area (Å²) in [5.74, 6) is 0.591. The molecule has 5 aromatic rings. The smallest absolute Gasteiger partial charge is 0.120 e. The van der Waals surface area contributed by atoms with Crippen LogP contribution in [-0.4, -0.2) is 15.1 Å². The molecule has 0 heterocycles. The lowest BCUT2D eigenvalue weighted by Gasteiger charge is -2.25. The summed E-state index contributed by atoms with van der Waals surface area (Å²) in [6.45, 7) is 1.82. The first-order chi connectivity index (χ1) is 15.7. The topological polar surface area (TPSA) is 43.7 Å². The number of phenols is 2. The zero-order valence-corrected chi connectivity index (χ0v) is 19.0. The predicted octanol–water partition coefficient (Wildman–Crippen LogP) is 7.03. The van der Waals surface area contributed by atoms with Gasteiger partial charge in [-0.1, -0.05) is 91.0 Å². The van der Waals surface area contributed by atoms with Crippen LogP contribution in [0.1, 0.15) is 16.7 Å². The summed E-state index contributed by atoms with van der Waals surface area (Å²) in [4.78, 5) is 2.28. The van der Waals surface area contributed by atoms with Crippen molar-refractivity contribution >= 4 is 34.0 Å². The molecule has 0 spiro atoms. The van der Waals surface area contributed by atoms with Gasteiger partial charge in [0.2, 0.25) is 0 Å². The monoisotopic (exact) mass is 455 g/mol. The number of phenolic OH excluding ortho intramolecular Hbond substituents is 2. The van der Waals surface area contributed by atoms with Crippen molar-refractivity contribution in [2.75, 3.05) is 0 Å². The Hall–Kier alpha value is -3.53. The molecule has 2 N–H and O–H groups in total. The summed E-state index contributed by atoms with van der Waals surface area (Å²) in [7, 11) is 0. The van der Waals surface area contributed by atoms with Crippen molar-refractivity contribution in [2.45, 2.75) is 19.6 Å². The highest BCUT2D eigenvalue weighted by Gasteiger charge is 2.17. The van der Waals surface area contributed by atoms with Crippen molar-refractivity contribution in [2.24, 2.45) is 0 Å². The third kappa shape index (κ3) is 4.80. The van der Waals surface area contributed by atoms with Crippen molar-refractivity contribution in [3.8, 4) is 11.5 Å². The zero-order valence-electron chi connectivity index (χ0n) is 18.2. The highest BCUT2D eigenvalue weighted by atomic mass is 35.5. The fourth-order valence-corrected chi connectivity index (χ4v) is 4.44. The van der Waals surface area contributed by atoms with E-state index in [0.29, 0.717) is 31.1 Å². The van der Waals surface area contributed by atoms with Crippen LogP contribution >= 0.6 is 12.4 Å². The maximum absolute atomic E-state index is 10.7. The molecule has 0 aliphatic heterocycles. The second-order valence-corrected chi connectivity index (χ2v) is 8.20. The van der Waals surface area contributed by atoms with E-state index in [1.807, 2.05) is 54.6 Å². The highest BCUT2D eigenvalue weighted by Crippen LogP contribution is 2.32. The van der Waals surface area contributed by atoms with Crippen molar-refractivity contribution in [3.05, 3.63) is 120 Å². The SMILES string of the molecule is Cl.Oc1ccc2ccccc2c1CN(Cc1ccccc1)Cc1c(O)ccc2ccccc12. The highest BCUT2D eigenvalue weighted by molar-refractivity contribution is 5.88. The molecule has 3 nitrogen and oxygen atoms in total. The molecule has 33 heavy (non-hydrogen) atoms. The van der Waals surface area contributed by atoms with E-state index in [9.17, 15) is 10.2 Å². The maximum atomic E-state index is 10.7. The van der Waals surface area contributed by atoms with E-state index in [-0.39, 0.29) is 12.4 Å². The van der Waals surface area contributed by atoms with E-state index in [1.165, 1.54) is 5.56 Å². The summed E-state index contributed by atoms with van der Waals surface area (Å²) < 4.78 is 0. The molecule has 0 radical (unpaired) electrons. The number of benzene rings is 5. The van der Waals surface area contributed by atoms with Crippen LogP contribution in [-0.2, 0) is 19.6 Å². The summed E-state index contributed by atoms with van der Waals surface area (Å²) in [5, 5.41) is 25.8. The minimum atomic E-state index is 0. The number of nitrogens with zero attached hydrogens (tertiary/aromatic N) is 1. The molecule has 0 amide bonds. The van der Waals surface area contributed by atoms with E-state index in [0.717, 1.165) is 32.7 Å². The normalized spacial score (nSPS) is 11.1. The van der Waals surface area contributed by atoms with E-state index in [2.05, 4.69) is 41.3 Å². The van der Waals surface area contributed by atoms with Gasteiger partial charge >= 0.3 is 0 Å². The molecule has 0 aliphatic carbocycles. The van der Waals surface area contributed by atoms with Crippen LogP contribution in [0, 0.1) is 0 Å². The van der Waals surface area contributed by atoms with Crippen LogP contribution in [0.25, 0.3) is 21.5 Å². The van der Waals surface area contributed by atoms with Crippen LogP contribution in [0.3, 0.4) is 0 Å². The van der Waals surface area contributed by atoms with Gasteiger partial charge in [-0.3, -0.25) is 4.90 Å². The lowest BCUT2D eigenvalue weighted by Crippen LogP contribution is -2.23. The first-order valence-electron chi connectivity index (χ1n) is 10.8. The molecular formula is C29H26ClNO2. The van der Waals surface area contributed by atoms with Gasteiger partial charge in [0.15, 0.2) is 0 Å². The van der Waals surface area contributed by atoms with Gasteiger partial charge in [-0.25, -0.2) is 0 Å². The van der Waals surface area contributed by atoms with Gasteiger partial charge < -0.3 is 10.2 Å². The molecule has 0 saturated heterocycles. The fraction of sp³-hybridized carbons (Fsp3) is 0.103. The molecule has 0 saturated carbocycles. The molecular weight excluding hydrogens is 430 g/mol. The summed E-state index contributed by atoms with van der Waals surface area (Å²) >= 11 is 0. The van der Waals surface area contributed by atoms with Crippen LogP contribution < -0.4 is 0 Å². The minimum Gasteiger partial charge on any atom is -0.508 e. The average molecular weight is 456 g/mol. The van der Waals surface area contributed by atoms with Gasteiger partial charge in [0.25, 0.3) is 0 Å². The molecule has 5 aromatic carbocycles. The van der Waals surface area contributed by atoms with Gasteiger partial charge in [-0.05, 0) is 39.2 Å². The minimum absolute atomic E-state index is 0. The summed E-state index contributed by atoms with van der Waals surface area (Å²) in [6, 6.07) is 34.0.